The average molecular weight is 701 g/mol. The highest BCUT2D eigenvalue weighted by Crippen LogP contribution is 2.39. The molecule has 8 aromatic carbocycles. The van der Waals surface area contributed by atoms with E-state index in [1.165, 1.54) is 0 Å². The van der Waals surface area contributed by atoms with Crippen molar-refractivity contribution in [3.05, 3.63) is 176 Å². The molecule has 0 saturated heterocycles. The lowest BCUT2D eigenvalue weighted by atomic mass is 9.99. The molecule has 0 aliphatic rings. The molecule has 5 heteroatoms. The molecule has 3 heterocycles. The second kappa shape index (κ2) is 12.1. The van der Waals surface area contributed by atoms with Gasteiger partial charge in [-0.25, -0.2) is 15.0 Å². The molecule has 0 aliphatic heterocycles. The normalized spacial score (nSPS) is 14.0. The summed E-state index contributed by atoms with van der Waals surface area (Å²) in [4.78, 5) is 14.7. The van der Waals surface area contributed by atoms with Gasteiger partial charge in [0.15, 0.2) is 17.5 Å². The Bertz CT molecular complexity index is 3720. The summed E-state index contributed by atoms with van der Waals surface area (Å²) in [5, 5.41) is 1.56. The van der Waals surface area contributed by atoms with Crippen LogP contribution >= 0.6 is 0 Å². The van der Waals surface area contributed by atoms with Crippen LogP contribution in [0, 0.1) is 0 Å². The second-order valence-corrected chi connectivity index (χ2v) is 12.9. The van der Waals surface area contributed by atoms with Gasteiger partial charge in [0.1, 0.15) is 22.3 Å². The molecule has 0 amide bonds. The zero-order valence-electron chi connectivity index (χ0n) is 37.2. The Morgan fingerprint density at radius 1 is 0.407 bits per heavy atom. The van der Waals surface area contributed by atoms with E-state index in [9.17, 15) is 1.37 Å². The van der Waals surface area contributed by atoms with Crippen LogP contribution in [-0.4, -0.2) is 15.0 Å². The minimum absolute atomic E-state index is 0.0446. The van der Waals surface area contributed by atoms with Crippen LogP contribution in [-0.2, 0) is 0 Å². The van der Waals surface area contributed by atoms with Gasteiger partial charge in [-0.2, -0.15) is 0 Å². The van der Waals surface area contributed by atoms with Crippen LogP contribution in [0.1, 0.15) is 12.3 Å². The number of hydrogen-bond donors (Lipinski definition) is 0. The predicted molar refractivity (Wildman–Crippen MR) is 219 cm³/mol. The molecule has 11 aromatic rings. The van der Waals surface area contributed by atoms with Crippen LogP contribution in [0.25, 0.3) is 111 Å². The zero-order chi connectivity index (χ0) is 43.4. The molecule has 54 heavy (non-hydrogen) atoms. The van der Waals surface area contributed by atoms with E-state index in [-0.39, 0.29) is 56.4 Å². The minimum atomic E-state index is -0.552. The Morgan fingerprint density at radius 2 is 1.07 bits per heavy atom. The fraction of sp³-hybridized carbons (Fsp3) is 0. The Morgan fingerprint density at radius 3 is 1.87 bits per heavy atom. The van der Waals surface area contributed by atoms with Gasteiger partial charge in [0.2, 0.25) is 0 Å². The maximum Gasteiger partial charge on any atom is 0.164 e. The van der Waals surface area contributed by atoms with E-state index in [0.29, 0.717) is 34.2 Å². The Labute approximate surface area is 322 Å². The van der Waals surface area contributed by atoms with Crippen molar-refractivity contribution in [3.8, 4) is 56.4 Å². The smallest absolute Gasteiger partial charge is 0.164 e. The molecule has 252 valence electrons. The molecular formula is C49H29N3O2. The highest BCUT2D eigenvalue weighted by atomic mass is 16.3. The number of benzene rings is 8. The van der Waals surface area contributed by atoms with Crippen molar-refractivity contribution >= 4 is 54.6 Å². The number of hydrogen-bond acceptors (Lipinski definition) is 5. The van der Waals surface area contributed by atoms with Crippen LogP contribution in [0.5, 0.6) is 0 Å². The lowest BCUT2D eigenvalue weighted by Gasteiger charge is -2.09. The summed E-state index contributed by atoms with van der Waals surface area (Å²) in [5.41, 5.74) is 5.96. The topological polar surface area (TPSA) is 65.0 Å². The van der Waals surface area contributed by atoms with Crippen molar-refractivity contribution in [1.29, 1.82) is 0 Å². The van der Waals surface area contributed by atoms with Gasteiger partial charge in [0, 0.05) is 43.6 Å². The first-order valence-corrected chi connectivity index (χ1v) is 17.3. The van der Waals surface area contributed by atoms with Crippen LogP contribution in [0.3, 0.4) is 0 Å². The van der Waals surface area contributed by atoms with Gasteiger partial charge in [-0.3, -0.25) is 0 Å². The molecule has 0 unspecified atom stereocenters. The lowest BCUT2D eigenvalue weighted by molar-refractivity contribution is 0.669. The lowest BCUT2D eigenvalue weighted by Crippen LogP contribution is -2.00. The summed E-state index contributed by atoms with van der Waals surface area (Å²) in [6, 6.07) is 34.8. The van der Waals surface area contributed by atoms with Crippen LogP contribution < -0.4 is 0 Å². The monoisotopic (exact) mass is 700 g/mol. The Balaban J connectivity index is 1.04. The van der Waals surface area contributed by atoms with E-state index >= 15 is 0 Å². The third kappa shape index (κ3) is 4.98. The molecule has 0 spiro atoms. The number of aromatic nitrogens is 3. The van der Waals surface area contributed by atoms with E-state index in [4.69, 9.17) is 34.8 Å². The molecule has 0 bridgehead atoms. The fourth-order valence-electron chi connectivity index (χ4n) is 7.01. The molecule has 0 fully saturated rings. The molecule has 0 radical (unpaired) electrons. The summed E-state index contributed by atoms with van der Waals surface area (Å²) in [7, 11) is 0. The van der Waals surface area contributed by atoms with Gasteiger partial charge in [-0.15, -0.1) is 0 Å². The van der Waals surface area contributed by atoms with Crippen molar-refractivity contribution in [2.24, 2.45) is 0 Å². The molecular weight excluding hydrogens is 663 g/mol. The largest absolute Gasteiger partial charge is 0.456 e. The Kier molecular flexibility index (Phi) is 5.06. The highest BCUT2D eigenvalue weighted by Gasteiger charge is 2.17. The van der Waals surface area contributed by atoms with Crippen molar-refractivity contribution in [3.63, 3.8) is 0 Å². The third-order valence-electron chi connectivity index (χ3n) is 9.63. The van der Waals surface area contributed by atoms with Gasteiger partial charge >= 0.3 is 0 Å². The molecule has 5 nitrogen and oxygen atoms in total. The summed E-state index contributed by atoms with van der Waals surface area (Å²) in [6.45, 7) is 0. The number of nitrogens with zero attached hydrogens (tertiary/aromatic N) is 3. The standard InChI is InChI=1S/C49H29N3O2/c1-3-10-31(11-4-1)37-16-9-17-42-45(37)41-27-24-36(29-44(41)53-42)49-51-47(33-13-5-2-6-14-33)50-48(52-49)34-20-18-30(19-21-34)35-23-25-39-40-26-22-32-12-7-8-15-38(32)46(40)54-43(39)28-35/h1-29H/i7D,8D,12D,15D,22D,23D,25D,26D,28D. The van der Waals surface area contributed by atoms with E-state index in [2.05, 4.69) is 18.2 Å². The summed E-state index contributed by atoms with van der Waals surface area (Å²) in [5.74, 6) is 1.25. The average Bonchev–Trinajstić information content (AvgIpc) is 3.91. The van der Waals surface area contributed by atoms with Crippen molar-refractivity contribution in [2.45, 2.75) is 0 Å². The van der Waals surface area contributed by atoms with E-state index < -0.39 is 36.3 Å². The summed E-state index contributed by atoms with van der Waals surface area (Å²) >= 11 is 0. The Hall–Kier alpha value is -7.37. The summed E-state index contributed by atoms with van der Waals surface area (Å²) in [6.07, 6.45) is 0. The second-order valence-electron chi connectivity index (χ2n) is 12.9. The minimum Gasteiger partial charge on any atom is -0.456 e. The molecule has 0 aliphatic carbocycles. The van der Waals surface area contributed by atoms with Crippen molar-refractivity contribution in [2.75, 3.05) is 0 Å². The molecule has 3 aromatic heterocycles. The van der Waals surface area contributed by atoms with Gasteiger partial charge in [0.05, 0.1) is 12.3 Å². The van der Waals surface area contributed by atoms with Crippen LogP contribution in [0.4, 0.5) is 0 Å². The van der Waals surface area contributed by atoms with Gasteiger partial charge in [-0.1, -0.05) is 139 Å². The van der Waals surface area contributed by atoms with E-state index in [1.807, 2.05) is 78.9 Å². The first-order chi connectivity index (χ1) is 30.5. The van der Waals surface area contributed by atoms with Crippen LogP contribution in [0.2, 0.25) is 0 Å². The van der Waals surface area contributed by atoms with Gasteiger partial charge in [0.25, 0.3) is 0 Å². The SMILES string of the molecule is [2H]c1c([2H])c([2H])c2c(c1[2H])c([2H])c([2H])c1c2oc2c([2H])c(-c3ccc(-c4nc(-c5ccccc5)nc(-c5ccc6c(c5)oc5cccc(-c7ccccc7)c56)n4)cc3)c([2H])c([2H])c21. The zero-order valence-corrected chi connectivity index (χ0v) is 28.2. The third-order valence-corrected chi connectivity index (χ3v) is 9.63. The van der Waals surface area contributed by atoms with Gasteiger partial charge in [-0.05, 0) is 64.0 Å². The number of rotatable bonds is 5. The quantitative estimate of drug-likeness (QED) is 0.179. The maximum atomic E-state index is 9.27. The summed E-state index contributed by atoms with van der Waals surface area (Å²) < 4.78 is 91.0. The van der Waals surface area contributed by atoms with Gasteiger partial charge < -0.3 is 8.83 Å². The van der Waals surface area contributed by atoms with E-state index in [1.54, 1.807) is 24.3 Å². The fourth-order valence-corrected chi connectivity index (χ4v) is 7.01. The first kappa shape index (κ1) is 22.5. The highest BCUT2D eigenvalue weighted by molar-refractivity contribution is 6.15. The number of fused-ring (bicyclic) bond motifs is 8. The molecule has 0 N–H and O–H groups in total. The molecule has 0 saturated carbocycles. The van der Waals surface area contributed by atoms with Crippen LogP contribution in [0.15, 0.2) is 185 Å². The number of furan rings is 2. The molecule has 0 atom stereocenters. The van der Waals surface area contributed by atoms with Crippen molar-refractivity contribution in [1.82, 2.24) is 15.0 Å². The van der Waals surface area contributed by atoms with Crippen molar-refractivity contribution < 1.29 is 21.2 Å². The maximum absolute atomic E-state index is 9.27. The first-order valence-electron chi connectivity index (χ1n) is 21.8. The van der Waals surface area contributed by atoms with E-state index in [0.717, 1.165) is 38.6 Å². The molecule has 11 rings (SSSR count). The predicted octanol–water partition coefficient (Wildman–Crippen LogP) is 13.2.